The summed E-state index contributed by atoms with van der Waals surface area (Å²) >= 11 is 0. The van der Waals surface area contributed by atoms with Gasteiger partial charge in [0.15, 0.2) is 5.82 Å². The van der Waals surface area contributed by atoms with Crippen LogP contribution >= 0.6 is 0 Å². The highest BCUT2D eigenvalue weighted by atomic mass is 19.1. The molecule has 11 heteroatoms. The fourth-order valence-electron chi connectivity index (χ4n) is 4.65. The van der Waals surface area contributed by atoms with Gasteiger partial charge in [0.2, 0.25) is 12.2 Å². The van der Waals surface area contributed by atoms with E-state index in [1.54, 1.807) is 24.4 Å². The van der Waals surface area contributed by atoms with Crippen LogP contribution in [0, 0.1) is 11.2 Å². The SMILES string of the molecule is CC1(C(=O)N2CCCCC2)COC(c2nc(-c3ccc(F)cc3)c(-c3ccnc(OCCCO)n3)[nH]2)OC1. The summed E-state index contributed by atoms with van der Waals surface area (Å²) in [5, 5.41) is 9.01. The lowest BCUT2D eigenvalue weighted by molar-refractivity contribution is -0.234. The minimum Gasteiger partial charge on any atom is -0.463 e. The van der Waals surface area contributed by atoms with Gasteiger partial charge in [0.1, 0.15) is 5.82 Å². The third-order valence-corrected chi connectivity index (χ3v) is 6.75. The molecule has 10 nitrogen and oxygen atoms in total. The third-order valence-electron chi connectivity index (χ3n) is 6.75. The molecule has 0 unspecified atom stereocenters. The summed E-state index contributed by atoms with van der Waals surface area (Å²) in [6.45, 7) is 4.09. The number of carbonyl (C=O) groups excluding carboxylic acids is 1. The summed E-state index contributed by atoms with van der Waals surface area (Å²) in [5.74, 6) is 0.106. The van der Waals surface area contributed by atoms with Crippen molar-refractivity contribution in [1.29, 1.82) is 0 Å². The number of carbonyl (C=O) groups is 1. The number of aliphatic hydroxyl groups excluding tert-OH is 1. The molecule has 0 bridgehead atoms. The molecule has 0 saturated carbocycles. The Morgan fingerprint density at radius 2 is 1.89 bits per heavy atom. The first-order chi connectivity index (χ1) is 18.5. The number of aromatic amines is 1. The molecule has 2 saturated heterocycles. The highest BCUT2D eigenvalue weighted by Gasteiger charge is 2.43. The van der Waals surface area contributed by atoms with Gasteiger partial charge in [-0.25, -0.2) is 14.4 Å². The first-order valence-corrected chi connectivity index (χ1v) is 12.9. The Kier molecular flexibility index (Phi) is 7.96. The second kappa shape index (κ2) is 11.5. The second-order valence-corrected chi connectivity index (χ2v) is 9.87. The van der Waals surface area contributed by atoms with Gasteiger partial charge in [-0.3, -0.25) is 4.79 Å². The monoisotopic (exact) mass is 525 g/mol. The normalized spacial score (nSPS) is 21.9. The number of nitrogens with zero attached hydrogens (tertiary/aromatic N) is 4. The van der Waals surface area contributed by atoms with Crippen molar-refractivity contribution < 1.29 is 28.5 Å². The molecular formula is C27H32FN5O5. The Labute approximate surface area is 220 Å². The standard InChI is InChI=1S/C27H32FN5O5/c1-27(25(35)33-12-3-2-4-13-33)16-37-24(38-17-27)23-31-21(18-6-8-19(28)9-7-18)22(32-23)20-10-11-29-26(30-20)36-15-5-14-34/h6-11,24,34H,2-5,12-17H2,1H3,(H,31,32). The summed E-state index contributed by atoms with van der Waals surface area (Å²) in [7, 11) is 0. The lowest BCUT2D eigenvalue weighted by atomic mass is 9.89. The van der Waals surface area contributed by atoms with Crippen LogP contribution in [0.4, 0.5) is 4.39 Å². The van der Waals surface area contributed by atoms with Crippen molar-refractivity contribution in [3.05, 3.63) is 48.2 Å². The summed E-state index contributed by atoms with van der Waals surface area (Å²) < 4.78 is 31.2. The maximum atomic E-state index is 13.6. The lowest BCUT2D eigenvalue weighted by Gasteiger charge is -2.40. The molecule has 1 amide bonds. The van der Waals surface area contributed by atoms with Gasteiger partial charge < -0.3 is 29.2 Å². The smallest absolute Gasteiger partial charge is 0.316 e. The van der Waals surface area contributed by atoms with Gasteiger partial charge in [-0.15, -0.1) is 0 Å². The van der Waals surface area contributed by atoms with E-state index in [4.69, 9.17) is 24.3 Å². The topological polar surface area (TPSA) is 123 Å². The molecule has 1 aromatic carbocycles. The van der Waals surface area contributed by atoms with E-state index in [9.17, 15) is 9.18 Å². The van der Waals surface area contributed by atoms with E-state index >= 15 is 0 Å². The number of aliphatic hydroxyl groups is 1. The maximum absolute atomic E-state index is 13.6. The Hall–Kier alpha value is -3.41. The van der Waals surface area contributed by atoms with Gasteiger partial charge in [-0.1, -0.05) is 0 Å². The average molecular weight is 526 g/mol. The van der Waals surface area contributed by atoms with Crippen molar-refractivity contribution in [2.24, 2.45) is 5.41 Å². The fraction of sp³-hybridized carbons (Fsp3) is 0.481. The molecule has 5 rings (SSSR count). The fourth-order valence-corrected chi connectivity index (χ4v) is 4.65. The van der Waals surface area contributed by atoms with E-state index in [0.717, 1.165) is 32.4 Å². The number of hydrogen-bond donors (Lipinski definition) is 2. The molecular weight excluding hydrogens is 493 g/mol. The van der Waals surface area contributed by atoms with Crippen LogP contribution in [-0.4, -0.2) is 75.4 Å². The van der Waals surface area contributed by atoms with Crippen LogP contribution in [0.5, 0.6) is 6.01 Å². The van der Waals surface area contributed by atoms with Crippen LogP contribution < -0.4 is 4.74 Å². The minimum absolute atomic E-state index is 0.00236. The summed E-state index contributed by atoms with van der Waals surface area (Å²) in [6.07, 6.45) is 4.40. The Morgan fingerprint density at radius 1 is 1.16 bits per heavy atom. The largest absolute Gasteiger partial charge is 0.463 e. The van der Waals surface area contributed by atoms with Crippen molar-refractivity contribution in [3.8, 4) is 28.7 Å². The Morgan fingerprint density at radius 3 is 2.61 bits per heavy atom. The zero-order valence-corrected chi connectivity index (χ0v) is 21.4. The quantitative estimate of drug-likeness (QED) is 0.429. The van der Waals surface area contributed by atoms with Gasteiger partial charge in [-0.2, -0.15) is 4.98 Å². The summed E-state index contributed by atoms with van der Waals surface area (Å²) in [6, 6.07) is 7.87. The zero-order valence-electron chi connectivity index (χ0n) is 21.4. The molecule has 0 spiro atoms. The second-order valence-electron chi connectivity index (χ2n) is 9.87. The first kappa shape index (κ1) is 26.2. The average Bonchev–Trinajstić information content (AvgIpc) is 3.40. The molecule has 4 heterocycles. The van der Waals surface area contributed by atoms with Gasteiger partial charge in [0.05, 0.1) is 42.3 Å². The van der Waals surface area contributed by atoms with Crippen molar-refractivity contribution in [3.63, 3.8) is 0 Å². The molecule has 3 aromatic rings. The molecule has 38 heavy (non-hydrogen) atoms. The maximum Gasteiger partial charge on any atom is 0.316 e. The van der Waals surface area contributed by atoms with E-state index in [2.05, 4.69) is 15.0 Å². The Balaban J connectivity index is 1.39. The van der Waals surface area contributed by atoms with E-state index in [1.165, 1.54) is 12.1 Å². The molecule has 2 N–H and O–H groups in total. The van der Waals surface area contributed by atoms with Gasteiger partial charge in [-0.05, 0) is 56.5 Å². The van der Waals surface area contributed by atoms with Crippen LogP contribution in [0.1, 0.15) is 44.7 Å². The number of amides is 1. The molecule has 2 aromatic heterocycles. The molecule has 202 valence electrons. The number of ether oxygens (including phenoxy) is 3. The molecule has 0 aliphatic carbocycles. The minimum atomic E-state index is -0.813. The number of rotatable bonds is 8. The number of hydrogen-bond acceptors (Lipinski definition) is 8. The van der Waals surface area contributed by atoms with Crippen molar-refractivity contribution in [2.75, 3.05) is 39.5 Å². The van der Waals surface area contributed by atoms with Crippen molar-refractivity contribution >= 4 is 5.91 Å². The van der Waals surface area contributed by atoms with Crippen molar-refractivity contribution in [1.82, 2.24) is 24.8 Å². The van der Waals surface area contributed by atoms with Crippen LogP contribution in [0.2, 0.25) is 0 Å². The number of piperidine rings is 1. The molecule has 2 aliphatic heterocycles. The van der Waals surface area contributed by atoms with Gasteiger partial charge in [0.25, 0.3) is 0 Å². The van der Waals surface area contributed by atoms with E-state index < -0.39 is 11.7 Å². The lowest BCUT2D eigenvalue weighted by Crippen LogP contribution is -2.51. The van der Waals surface area contributed by atoms with Crippen LogP contribution in [0.25, 0.3) is 22.6 Å². The highest BCUT2D eigenvalue weighted by Crippen LogP contribution is 2.36. The van der Waals surface area contributed by atoms with Crippen LogP contribution in [0.15, 0.2) is 36.5 Å². The predicted molar refractivity (Wildman–Crippen MR) is 135 cm³/mol. The predicted octanol–water partition coefficient (Wildman–Crippen LogP) is 3.50. The summed E-state index contributed by atoms with van der Waals surface area (Å²) in [5.41, 5.74) is 1.51. The molecule has 0 atom stereocenters. The molecule has 2 fully saturated rings. The number of aromatic nitrogens is 4. The van der Waals surface area contributed by atoms with Crippen LogP contribution in [-0.2, 0) is 14.3 Å². The Bertz CT molecular complexity index is 1240. The van der Waals surface area contributed by atoms with E-state index in [0.29, 0.717) is 34.9 Å². The number of H-pyrrole nitrogens is 1. The number of benzene rings is 1. The first-order valence-electron chi connectivity index (χ1n) is 12.9. The molecule has 2 aliphatic rings. The van der Waals surface area contributed by atoms with Gasteiger partial charge in [0, 0.05) is 37.9 Å². The molecule has 0 radical (unpaired) electrons. The zero-order chi connectivity index (χ0) is 26.5. The van der Waals surface area contributed by atoms with Crippen LogP contribution in [0.3, 0.4) is 0 Å². The number of nitrogens with one attached hydrogen (secondary N) is 1. The number of halogens is 1. The number of imidazole rings is 1. The highest BCUT2D eigenvalue weighted by molar-refractivity contribution is 5.83. The third kappa shape index (κ3) is 5.69. The van der Waals surface area contributed by atoms with E-state index in [1.807, 2.05) is 11.8 Å². The van der Waals surface area contributed by atoms with Gasteiger partial charge >= 0.3 is 6.01 Å². The van der Waals surface area contributed by atoms with E-state index in [-0.39, 0.29) is 44.2 Å². The number of likely N-dealkylation sites (tertiary alicyclic amines) is 1. The summed E-state index contributed by atoms with van der Waals surface area (Å²) in [4.78, 5) is 31.7. The van der Waals surface area contributed by atoms with Crippen molar-refractivity contribution in [2.45, 2.75) is 38.9 Å².